The van der Waals surface area contributed by atoms with E-state index < -0.39 is 6.10 Å². The molecule has 0 saturated carbocycles. The highest BCUT2D eigenvalue weighted by molar-refractivity contribution is 14.1. The molecule has 0 aromatic heterocycles. The zero-order valence-corrected chi connectivity index (χ0v) is 14.3. The summed E-state index contributed by atoms with van der Waals surface area (Å²) in [4.78, 5) is 0. The molecule has 0 radical (unpaired) electrons. The second kappa shape index (κ2) is 5.84. The first kappa shape index (κ1) is 14.0. The standard InChI is InChI=1S/C17H12BrIO/c18-16-9-8-12(19)10-15(16)17(20)14-7-3-5-11-4-1-2-6-13(11)14/h1-10,17,20H. The van der Waals surface area contributed by atoms with Crippen LogP contribution in [0.25, 0.3) is 10.8 Å². The van der Waals surface area contributed by atoms with Crippen molar-refractivity contribution in [2.24, 2.45) is 0 Å². The number of aliphatic hydroxyl groups excluding tert-OH is 1. The summed E-state index contributed by atoms with van der Waals surface area (Å²) in [5.74, 6) is 0. The average molecular weight is 439 g/mol. The molecule has 20 heavy (non-hydrogen) atoms. The molecule has 0 heterocycles. The van der Waals surface area contributed by atoms with Gasteiger partial charge in [-0.3, -0.25) is 0 Å². The maximum absolute atomic E-state index is 10.8. The number of benzene rings is 3. The highest BCUT2D eigenvalue weighted by atomic mass is 127. The molecule has 1 atom stereocenters. The van der Waals surface area contributed by atoms with Gasteiger partial charge in [0.1, 0.15) is 6.10 Å². The number of hydrogen-bond donors (Lipinski definition) is 1. The Morgan fingerprint density at radius 2 is 1.65 bits per heavy atom. The Kier molecular flexibility index (Phi) is 4.10. The quantitative estimate of drug-likeness (QED) is 0.539. The Bertz CT molecular complexity index is 765. The molecule has 0 aliphatic heterocycles. The summed E-state index contributed by atoms with van der Waals surface area (Å²) in [6.45, 7) is 0. The van der Waals surface area contributed by atoms with Crippen molar-refractivity contribution in [3.8, 4) is 0 Å². The summed E-state index contributed by atoms with van der Waals surface area (Å²) in [5.41, 5.74) is 1.83. The second-order valence-electron chi connectivity index (χ2n) is 4.64. The lowest BCUT2D eigenvalue weighted by atomic mass is 9.96. The van der Waals surface area contributed by atoms with E-state index in [1.165, 1.54) is 0 Å². The van der Waals surface area contributed by atoms with Gasteiger partial charge in [-0.1, -0.05) is 58.4 Å². The fourth-order valence-corrected chi connectivity index (χ4v) is 3.36. The van der Waals surface area contributed by atoms with Crippen LogP contribution >= 0.6 is 38.5 Å². The van der Waals surface area contributed by atoms with Gasteiger partial charge in [0.15, 0.2) is 0 Å². The largest absolute Gasteiger partial charge is 0.384 e. The monoisotopic (exact) mass is 438 g/mol. The Morgan fingerprint density at radius 1 is 0.900 bits per heavy atom. The normalized spacial score (nSPS) is 12.6. The van der Waals surface area contributed by atoms with Gasteiger partial charge in [0, 0.05) is 13.6 Å². The second-order valence-corrected chi connectivity index (χ2v) is 6.74. The van der Waals surface area contributed by atoms with Crippen LogP contribution in [0.1, 0.15) is 17.2 Å². The molecule has 0 aliphatic carbocycles. The minimum absolute atomic E-state index is 0.634. The number of rotatable bonds is 2. The molecule has 0 aliphatic rings. The predicted molar refractivity (Wildman–Crippen MR) is 94.9 cm³/mol. The fourth-order valence-electron chi connectivity index (χ4n) is 2.38. The van der Waals surface area contributed by atoms with Crippen LogP contribution in [0.2, 0.25) is 0 Å². The zero-order chi connectivity index (χ0) is 14.1. The van der Waals surface area contributed by atoms with E-state index in [1.807, 2.05) is 42.5 Å². The van der Waals surface area contributed by atoms with Gasteiger partial charge in [0.25, 0.3) is 0 Å². The SMILES string of the molecule is OC(c1cc(I)ccc1Br)c1cccc2ccccc12. The first-order chi connectivity index (χ1) is 9.66. The molecular weight excluding hydrogens is 427 g/mol. The smallest absolute Gasteiger partial charge is 0.106 e. The predicted octanol–water partition coefficient (Wildman–Crippen LogP) is 5.29. The van der Waals surface area contributed by atoms with Crippen molar-refractivity contribution in [1.29, 1.82) is 0 Å². The number of hydrogen-bond acceptors (Lipinski definition) is 1. The molecule has 0 amide bonds. The van der Waals surface area contributed by atoms with Gasteiger partial charge in [-0.2, -0.15) is 0 Å². The van der Waals surface area contributed by atoms with Gasteiger partial charge in [-0.25, -0.2) is 0 Å². The first-order valence-electron chi connectivity index (χ1n) is 6.27. The number of halogens is 2. The maximum atomic E-state index is 10.8. The summed E-state index contributed by atoms with van der Waals surface area (Å²) in [6.07, 6.45) is -0.634. The van der Waals surface area contributed by atoms with Crippen molar-refractivity contribution < 1.29 is 5.11 Å². The van der Waals surface area contributed by atoms with E-state index in [9.17, 15) is 5.11 Å². The van der Waals surface area contributed by atoms with Crippen LogP contribution < -0.4 is 0 Å². The first-order valence-corrected chi connectivity index (χ1v) is 8.14. The molecule has 1 nitrogen and oxygen atoms in total. The number of fused-ring (bicyclic) bond motifs is 1. The minimum atomic E-state index is -0.634. The Morgan fingerprint density at radius 3 is 2.50 bits per heavy atom. The van der Waals surface area contributed by atoms with E-state index in [4.69, 9.17) is 0 Å². The molecule has 3 rings (SSSR count). The van der Waals surface area contributed by atoms with Crippen molar-refractivity contribution >= 4 is 49.3 Å². The van der Waals surface area contributed by atoms with E-state index in [-0.39, 0.29) is 0 Å². The van der Waals surface area contributed by atoms with Gasteiger partial charge in [0.2, 0.25) is 0 Å². The minimum Gasteiger partial charge on any atom is -0.384 e. The average Bonchev–Trinajstić information content (AvgIpc) is 2.48. The molecule has 3 aromatic carbocycles. The van der Waals surface area contributed by atoms with Gasteiger partial charge in [0.05, 0.1) is 0 Å². The Balaban J connectivity index is 2.17. The molecule has 1 N–H and O–H groups in total. The highest BCUT2D eigenvalue weighted by Gasteiger charge is 2.16. The molecule has 0 saturated heterocycles. The van der Waals surface area contributed by atoms with E-state index in [0.717, 1.165) is 29.9 Å². The fraction of sp³-hybridized carbons (Fsp3) is 0.0588. The molecule has 3 aromatic rings. The van der Waals surface area contributed by atoms with Crippen LogP contribution in [0.3, 0.4) is 0 Å². The van der Waals surface area contributed by atoms with E-state index in [1.54, 1.807) is 0 Å². The van der Waals surface area contributed by atoms with Crippen molar-refractivity contribution in [2.45, 2.75) is 6.10 Å². The third-order valence-electron chi connectivity index (χ3n) is 3.37. The van der Waals surface area contributed by atoms with Crippen LogP contribution in [0.5, 0.6) is 0 Å². The maximum Gasteiger partial charge on any atom is 0.106 e. The van der Waals surface area contributed by atoms with E-state index >= 15 is 0 Å². The van der Waals surface area contributed by atoms with Gasteiger partial charge < -0.3 is 5.11 Å². The van der Waals surface area contributed by atoms with E-state index in [0.29, 0.717) is 0 Å². The topological polar surface area (TPSA) is 20.2 Å². The lowest BCUT2D eigenvalue weighted by Gasteiger charge is -2.16. The lowest BCUT2D eigenvalue weighted by molar-refractivity contribution is 0.221. The van der Waals surface area contributed by atoms with Crippen LogP contribution in [0.4, 0.5) is 0 Å². The molecule has 0 spiro atoms. The third kappa shape index (κ3) is 2.62. The number of aliphatic hydroxyl groups is 1. The summed E-state index contributed by atoms with van der Waals surface area (Å²) in [5, 5.41) is 13.0. The van der Waals surface area contributed by atoms with Gasteiger partial charge >= 0.3 is 0 Å². The van der Waals surface area contributed by atoms with Crippen LogP contribution in [-0.4, -0.2) is 5.11 Å². The van der Waals surface area contributed by atoms with Crippen molar-refractivity contribution in [1.82, 2.24) is 0 Å². The zero-order valence-electron chi connectivity index (χ0n) is 10.6. The summed E-state index contributed by atoms with van der Waals surface area (Å²) in [6, 6.07) is 20.2. The van der Waals surface area contributed by atoms with Crippen LogP contribution in [-0.2, 0) is 0 Å². The van der Waals surface area contributed by atoms with Crippen molar-refractivity contribution in [3.05, 3.63) is 79.8 Å². The van der Waals surface area contributed by atoms with Crippen molar-refractivity contribution in [3.63, 3.8) is 0 Å². The molecule has 1 unspecified atom stereocenters. The molecule has 3 heteroatoms. The molecule has 100 valence electrons. The lowest BCUT2D eigenvalue weighted by Crippen LogP contribution is -2.02. The van der Waals surface area contributed by atoms with Crippen LogP contribution in [0, 0.1) is 3.57 Å². The molecule has 0 fully saturated rings. The van der Waals surface area contributed by atoms with E-state index in [2.05, 4.69) is 56.7 Å². The van der Waals surface area contributed by atoms with Gasteiger partial charge in [-0.05, 0) is 57.1 Å². The van der Waals surface area contributed by atoms with Crippen molar-refractivity contribution in [2.75, 3.05) is 0 Å². The molecular formula is C17H12BrIO. The Hall–Kier alpha value is -0.910. The summed E-state index contributed by atoms with van der Waals surface area (Å²) in [7, 11) is 0. The molecule has 0 bridgehead atoms. The Labute approximate surface area is 139 Å². The highest BCUT2D eigenvalue weighted by Crippen LogP contribution is 2.33. The summed E-state index contributed by atoms with van der Waals surface area (Å²) < 4.78 is 2.04. The van der Waals surface area contributed by atoms with Crippen LogP contribution in [0.15, 0.2) is 65.1 Å². The summed E-state index contributed by atoms with van der Waals surface area (Å²) >= 11 is 5.79. The third-order valence-corrected chi connectivity index (χ3v) is 4.76. The van der Waals surface area contributed by atoms with Gasteiger partial charge in [-0.15, -0.1) is 0 Å².